The van der Waals surface area contributed by atoms with Gasteiger partial charge < -0.3 is 54.0 Å². The Morgan fingerprint density at radius 3 is 2.14 bits per heavy atom. The van der Waals surface area contributed by atoms with Crippen molar-refractivity contribution in [2.45, 2.75) is 68.8 Å². The van der Waals surface area contributed by atoms with Crippen LogP contribution in [0.4, 0.5) is 0 Å². The summed E-state index contributed by atoms with van der Waals surface area (Å²) in [6.07, 6.45) is -12.0. The Morgan fingerprint density at radius 2 is 1.57 bits per heavy atom. The predicted molar refractivity (Wildman–Crippen MR) is 119 cm³/mol. The molecule has 0 saturated carbocycles. The van der Waals surface area contributed by atoms with E-state index < -0.39 is 72.8 Å². The van der Waals surface area contributed by atoms with Gasteiger partial charge in [0.25, 0.3) is 0 Å². The maximum Gasteiger partial charge on any atom is 0.335 e. The first kappa shape index (κ1) is 29.9. The molecule has 4 unspecified atom stereocenters. The molecule has 0 aromatic rings. The third kappa shape index (κ3) is 7.81. The molecular formula is C21H34O13S. The molecule has 35 heavy (non-hydrogen) atoms. The number of carbonyl (C=O) groups excluding carboxylic acids is 2. The molecule has 2 fully saturated rings. The highest BCUT2D eigenvalue weighted by Gasteiger charge is 2.50. The molecule has 2 saturated heterocycles. The Balaban J connectivity index is 2.21. The summed E-state index contributed by atoms with van der Waals surface area (Å²) in [6, 6.07) is 0. The summed E-state index contributed by atoms with van der Waals surface area (Å²) in [5.41, 5.74) is 0. The Morgan fingerprint density at radius 1 is 0.886 bits per heavy atom. The van der Waals surface area contributed by atoms with Crippen LogP contribution in [0.1, 0.15) is 19.8 Å². The molecule has 5 N–H and O–H groups in total. The molecule has 2 heterocycles. The quantitative estimate of drug-likeness (QED) is 0.118. The van der Waals surface area contributed by atoms with Gasteiger partial charge in [-0.1, -0.05) is 0 Å². The summed E-state index contributed by atoms with van der Waals surface area (Å²) < 4.78 is 26.9. The number of rotatable bonds is 12. The predicted octanol–water partition coefficient (Wildman–Crippen LogP) is -2.26. The van der Waals surface area contributed by atoms with E-state index in [0.29, 0.717) is 0 Å². The minimum atomic E-state index is -1.89. The van der Waals surface area contributed by atoms with Crippen LogP contribution >= 0.6 is 12.6 Å². The molecule has 0 radical (unpaired) electrons. The fourth-order valence-electron chi connectivity index (χ4n) is 4.25. The number of ether oxygens (including phenoxy) is 5. The van der Waals surface area contributed by atoms with Gasteiger partial charge in [0.1, 0.15) is 36.8 Å². The monoisotopic (exact) mass is 526 g/mol. The van der Waals surface area contributed by atoms with E-state index in [1.807, 2.05) is 0 Å². The van der Waals surface area contributed by atoms with Gasteiger partial charge in [-0.05, 0) is 6.92 Å². The first-order valence-corrected chi connectivity index (χ1v) is 11.8. The van der Waals surface area contributed by atoms with Crippen LogP contribution < -0.4 is 0 Å². The maximum atomic E-state index is 12.0. The van der Waals surface area contributed by atoms with E-state index in [9.17, 15) is 39.9 Å². The lowest BCUT2D eigenvalue weighted by molar-refractivity contribution is -0.303. The second-order valence-electron chi connectivity index (χ2n) is 8.62. The molecule has 2 aliphatic rings. The van der Waals surface area contributed by atoms with Crippen molar-refractivity contribution in [2.24, 2.45) is 11.8 Å². The van der Waals surface area contributed by atoms with Crippen LogP contribution in [-0.2, 0) is 38.1 Å². The van der Waals surface area contributed by atoms with Gasteiger partial charge in [-0.3, -0.25) is 4.79 Å². The number of carboxylic acids is 1. The van der Waals surface area contributed by atoms with Gasteiger partial charge in [-0.15, -0.1) is 0 Å². The smallest absolute Gasteiger partial charge is 0.335 e. The zero-order valence-electron chi connectivity index (χ0n) is 19.5. The van der Waals surface area contributed by atoms with Gasteiger partial charge in [0.05, 0.1) is 31.8 Å². The number of ketones is 1. The second-order valence-corrected chi connectivity index (χ2v) is 9.07. The first-order valence-electron chi connectivity index (χ1n) is 11.1. The summed E-state index contributed by atoms with van der Waals surface area (Å²) >= 11 is 3.96. The number of hydrogen-bond donors (Lipinski definition) is 6. The van der Waals surface area contributed by atoms with E-state index in [1.54, 1.807) is 0 Å². The van der Waals surface area contributed by atoms with Crippen LogP contribution in [-0.4, -0.2) is 125 Å². The van der Waals surface area contributed by atoms with Gasteiger partial charge >= 0.3 is 11.9 Å². The van der Waals surface area contributed by atoms with Gasteiger partial charge in [0.2, 0.25) is 0 Å². The van der Waals surface area contributed by atoms with Crippen LogP contribution in [0.3, 0.4) is 0 Å². The lowest BCUT2D eigenvalue weighted by Crippen LogP contribution is -2.61. The summed E-state index contributed by atoms with van der Waals surface area (Å²) in [5, 5.41) is 50.3. The molecule has 10 atom stereocenters. The fourth-order valence-corrected chi connectivity index (χ4v) is 4.43. The summed E-state index contributed by atoms with van der Waals surface area (Å²) in [5.74, 6) is -3.46. The third-order valence-electron chi connectivity index (χ3n) is 6.04. The van der Waals surface area contributed by atoms with E-state index in [0.717, 1.165) is 0 Å². The molecule has 0 aromatic carbocycles. The van der Waals surface area contributed by atoms with E-state index in [2.05, 4.69) is 12.6 Å². The second kappa shape index (κ2) is 13.8. The minimum Gasteiger partial charge on any atom is -0.479 e. The van der Waals surface area contributed by atoms with Gasteiger partial charge in [0, 0.05) is 31.1 Å². The lowest BCUT2D eigenvalue weighted by Gasteiger charge is -2.45. The molecule has 0 aliphatic carbocycles. The van der Waals surface area contributed by atoms with E-state index in [4.69, 9.17) is 23.7 Å². The maximum absolute atomic E-state index is 12.0. The molecular weight excluding hydrogens is 492 g/mol. The largest absolute Gasteiger partial charge is 0.479 e. The van der Waals surface area contributed by atoms with Crippen molar-refractivity contribution in [2.75, 3.05) is 32.7 Å². The number of methoxy groups -OCH3 is 1. The summed E-state index contributed by atoms with van der Waals surface area (Å²) in [6.45, 7) is 0.784. The molecule has 2 rings (SSSR count). The van der Waals surface area contributed by atoms with Gasteiger partial charge in [0.15, 0.2) is 12.4 Å². The summed E-state index contributed by atoms with van der Waals surface area (Å²) in [4.78, 5) is 35.1. The molecule has 13 nitrogen and oxygen atoms in total. The molecule has 0 spiro atoms. The van der Waals surface area contributed by atoms with E-state index in [-0.39, 0.29) is 44.2 Å². The van der Waals surface area contributed by atoms with Crippen LogP contribution in [0, 0.1) is 11.8 Å². The molecule has 0 bridgehead atoms. The van der Waals surface area contributed by atoms with Crippen molar-refractivity contribution in [3.63, 3.8) is 0 Å². The van der Waals surface area contributed by atoms with Crippen LogP contribution in [0.15, 0.2) is 0 Å². The van der Waals surface area contributed by atoms with Gasteiger partial charge in [-0.25, -0.2) is 4.79 Å². The minimum absolute atomic E-state index is 0.0154. The van der Waals surface area contributed by atoms with Crippen molar-refractivity contribution in [3.8, 4) is 0 Å². The number of Topliss-reactive ketones (excluding diaryl/α,β-unsaturated/α-hetero) is 1. The average Bonchev–Trinajstić information content (AvgIpc) is 2.79. The van der Waals surface area contributed by atoms with E-state index >= 15 is 0 Å². The number of aliphatic hydroxyl groups excluding tert-OH is 4. The molecule has 202 valence electrons. The van der Waals surface area contributed by atoms with Crippen molar-refractivity contribution >= 4 is 30.4 Å². The standard InChI is InChI=1S/C21H34O13S/c1-9(22)5-10-11(6-32-21-18(27)16(25)17(26)19(34-21)20(28)29)15(24)13(33-12(10)7-30-2)8-31-14(23)3-4-35/h10-13,15-19,21,24-27,35H,3-8H2,1-2H3,(H,28,29)/t10?,11-,12-,13?,15-,16+,17-,18?,19?,21+/m0/s1. The normalized spacial score (nSPS) is 37.6. The Labute approximate surface area is 207 Å². The first-order chi connectivity index (χ1) is 16.5. The average molecular weight is 527 g/mol. The Bertz CT molecular complexity index is 721. The van der Waals surface area contributed by atoms with Crippen LogP contribution in [0.5, 0.6) is 0 Å². The van der Waals surface area contributed by atoms with Crippen molar-refractivity contribution in [1.82, 2.24) is 0 Å². The molecule has 14 heteroatoms. The number of aliphatic hydroxyl groups is 4. The number of thiol groups is 1. The fraction of sp³-hybridized carbons (Fsp3) is 0.857. The van der Waals surface area contributed by atoms with Crippen molar-refractivity contribution in [3.05, 3.63) is 0 Å². The van der Waals surface area contributed by atoms with E-state index in [1.165, 1.54) is 14.0 Å². The Hall–Kier alpha value is -1.36. The number of carbonyl (C=O) groups is 3. The highest BCUT2D eigenvalue weighted by atomic mass is 32.1. The number of hydrogen-bond acceptors (Lipinski definition) is 13. The highest BCUT2D eigenvalue weighted by molar-refractivity contribution is 7.80. The highest BCUT2D eigenvalue weighted by Crippen LogP contribution is 2.35. The lowest BCUT2D eigenvalue weighted by atomic mass is 9.77. The van der Waals surface area contributed by atoms with Crippen molar-refractivity contribution < 1.29 is 63.6 Å². The summed E-state index contributed by atoms with van der Waals surface area (Å²) in [7, 11) is 1.43. The molecule has 0 aromatic heterocycles. The van der Waals surface area contributed by atoms with Crippen molar-refractivity contribution in [1.29, 1.82) is 0 Å². The Kier molecular flexibility index (Phi) is 11.8. The van der Waals surface area contributed by atoms with Crippen LogP contribution in [0.25, 0.3) is 0 Å². The SMILES string of the molecule is COC[C@@H]1OC(COC(=O)CCS)[C@@H](O)[C@@H](CO[C@@H]2OC(C(=O)O)[C@@H](O)[C@@H](O)C2O)C1CC(C)=O. The van der Waals surface area contributed by atoms with Crippen LogP contribution in [0.2, 0.25) is 0 Å². The molecule has 2 aliphatic heterocycles. The topological polar surface area (TPSA) is 199 Å². The number of carboxylic acid groups (broad SMARTS) is 1. The number of aliphatic carboxylic acids is 1. The zero-order valence-corrected chi connectivity index (χ0v) is 20.4. The zero-order chi connectivity index (χ0) is 26.3. The number of esters is 1. The molecule has 0 amide bonds. The third-order valence-corrected chi connectivity index (χ3v) is 6.26. The van der Waals surface area contributed by atoms with Gasteiger partial charge in [-0.2, -0.15) is 12.6 Å².